The average Bonchev–Trinajstić information content (AvgIpc) is 3.09. The third kappa shape index (κ3) is 5.99. The number of hydrogen-bond donors (Lipinski definition) is 0. The summed E-state index contributed by atoms with van der Waals surface area (Å²) in [4.78, 5) is 4.22. The second kappa shape index (κ2) is 10.2. The van der Waals surface area contributed by atoms with Crippen LogP contribution in [0, 0.1) is 17.3 Å². The van der Waals surface area contributed by atoms with E-state index >= 15 is 0 Å². The van der Waals surface area contributed by atoms with Crippen LogP contribution in [-0.2, 0) is 11.3 Å². The minimum absolute atomic E-state index is 0.241. The standard InChI is InChI=1S/C22H38N2O/c1-5-6-7-8-9-10-11-12-19-13-14-22(2,3)21(25-4)20(19)17-24-16-15-23-18-24/h11-12,15-16,18-21H,5-10,13-14,17H2,1-4H3/b12-11-/t19-,20+,21-/m1/s1. The van der Waals surface area contributed by atoms with E-state index in [2.05, 4.69) is 48.7 Å². The van der Waals surface area contributed by atoms with E-state index in [-0.39, 0.29) is 5.41 Å². The van der Waals surface area contributed by atoms with Gasteiger partial charge in [-0.25, -0.2) is 4.98 Å². The minimum Gasteiger partial charge on any atom is -0.381 e. The molecule has 3 nitrogen and oxygen atoms in total. The lowest BCUT2D eigenvalue weighted by Gasteiger charge is -2.46. The quantitative estimate of drug-likeness (QED) is 0.391. The predicted octanol–water partition coefficient (Wildman–Crippen LogP) is 5.87. The average molecular weight is 347 g/mol. The summed E-state index contributed by atoms with van der Waals surface area (Å²) >= 11 is 0. The third-order valence-electron chi connectivity index (χ3n) is 5.92. The van der Waals surface area contributed by atoms with Crippen LogP contribution >= 0.6 is 0 Å². The second-order valence-corrected chi connectivity index (χ2v) is 8.40. The van der Waals surface area contributed by atoms with Crippen LogP contribution in [-0.4, -0.2) is 22.8 Å². The van der Waals surface area contributed by atoms with Crippen LogP contribution in [0.15, 0.2) is 30.9 Å². The smallest absolute Gasteiger partial charge is 0.0946 e. The molecule has 1 aromatic heterocycles. The summed E-state index contributed by atoms with van der Waals surface area (Å²) in [5, 5.41) is 0. The Balaban J connectivity index is 1.96. The monoisotopic (exact) mass is 346 g/mol. The molecule has 0 amide bonds. The molecule has 1 heterocycles. The second-order valence-electron chi connectivity index (χ2n) is 8.40. The maximum absolute atomic E-state index is 6.00. The Morgan fingerprint density at radius 1 is 1.24 bits per heavy atom. The number of methoxy groups -OCH3 is 1. The molecule has 0 radical (unpaired) electrons. The van der Waals surface area contributed by atoms with Crippen molar-refractivity contribution >= 4 is 0 Å². The fraction of sp³-hybridized carbons (Fsp3) is 0.773. The maximum atomic E-state index is 6.00. The zero-order chi connectivity index (χ0) is 18.1. The Bertz CT molecular complexity index is 492. The Kier molecular flexibility index (Phi) is 8.21. The lowest BCUT2D eigenvalue weighted by molar-refractivity contribution is -0.0818. The molecule has 3 heteroatoms. The number of imidazole rings is 1. The van der Waals surface area contributed by atoms with Crippen molar-refractivity contribution in [3.8, 4) is 0 Å². The highest BCUT2D eigenvalue weighted by Crippen LogP contribution is 2.45. The number of aromatic nitrogens is 2. The van der Waals surface area contributed by atoms with E-state index in [0.29, 0.717) is 17.9 Å². The van der Waals surface area contributed by atoms with E-state index in [1.165, 1.54) is 51.4 Å². The molecule has 0 spiro atoms. The molecule has 0 bridgehead atoms. The fourth-order valence-corrected chi connectivity index (χ4v) is 4.44. The molecule has 25 heavy (non-hydrogen) atoms. The van der Waals surface area contributed by atoms with Gasteiger partial charge in [0.05, 0.1) is 12.4 Å². The van der Waals surface area contributed by atoms with Crippen LogP contribution in [0.2, 0.25) is 0 Å². The summed E-state index contributed by atoms with van der Waals surface area (Å²) in [5.41, 5.74) is 0.241. The minimum atomic E-state index is 0.241. The van der Waals surface area contributed by atoms with Crippen molar-refractivity contribution < 1.29 is 4.74 Å². The highest BCUT2D eigenvalue weighted by Gasteiger charge is 2.43. The highest BCUT2D eigenvalue weighted by atomic mass is 16.5. The van der Waals surface area contributed by atoms with Crippen molar-refractivity contribution in [3.05, 3.63) is 30.9 Å². The number of rotatable bonds is 10. The Morgan fingerprint density at radius 3 is 2.72 bits per heavy atom. The van der Waals surface area contributed by atoms with Crippen molar-refractivity contribution in [1.29, 1.82) is 0 Å². The molecule has 0 aliphatic heterocycles. The number of nitrogens with zero attached hydrogens (tertiary/aromatic N) is 2. The van der Waals surface area contributed by atoms with Gasteiger partial charge in [-0.3, -0.25) is 0 Å². The van der Waals surface area contributed by atoms with Gasteiger partial charge in [-0.05, 0) is 37.0 Å². The van der Waals surface area contributed by atoms with E-state index in [1.54, 1.807) is 0 Å². The van der Waals surface area contributed by atoms with Gasteiger partial charge in [0.25, 0.3) is 0 Å². The van der Waals surface area contributed by atoms with Gasteiger partial charge in [0.2, 0.25) is 0 Å². The van der Waals surface area contributed by atoms with Gasteiger partial charge in [0.15, 0.2) is 0 Å². The number of allylic oxidation sites excluding steroid dienone is 2. The normalized spacial score (nSPS) is 26.3. The Morgan fingerprint density at radius 2 is 2.04 bits per heavy atom. The largest absolute Gasteiger partial charge is 0.381 e. The van der Waals surface area contributed by atoms with Gasteiger partial charge in [-0.2, -0.15) is 0 Å². The number of hydrogen-bond acceptors (Lipinski definition) is 2. The van der Waals surface area contributed by atoms with E-state index in [1.807, 2.05) is 19.6 Å². The van der Waals surface area contributed by atoms with E-state index < -0.39 is 0 Å². The lowest BCUT2D eigenvalue weighted by atomic mass is 9.64. The molecule has 3 atom stereocenters. The van der Waals surface area contributed by atoms with Gasteiger partial charge in [0.1, 0.15) is 0 Å². The Hall–Kier alpha value is -1.09. The summed E-state index contributed by atoms with van der Waals surface area (Å²) < 4.78 is 8.21. The van der Waals surface area contributed by atoms with E-state index in [0.717, 1.165) is 6.54 Å². The first-order chi connectivity index (χ1) is 12.1. The van der Waals surface area contributed by atoms with Crippen LogP contribution in [0.5, 0.6) is 0 Å². The zero-order valence-corrected chi connectivity index (χ0v) is 16.8. The topological polar surface area (TPSA) is 27.1 Å². The number of ether oxygens (including phenoxy) is 1. The first kappa shape index (κ1) is 20.2. The van der Waals surface area contributed by atoms with Gasteiger partial charge in [-0.15, -0.1) is 0 Å². The summed E-state index contributed by atoms with van der Waals surface area (Å²) in [6, 6.07) is 0. The molecular formula is C22H38N2O. The maximum Gasteiger partial charge on any atom is 0.0946 e. The van der Waals surface area contributed by atoms with E-state index in [9.17, 15) is 0 Å². The predicted molar refractivity (Wildman–Crippen MR) is 106 cm³/mol. The highest BCUT2D eigenvalue weighted by molar-refractivity contribution is 5.01. The Labute approximate surface area is 154 Å². The van der Waals surface area contributed by atoms with Crippen LogP contribution < -0.4 is 0 Å². The molecule has 0 aromatic carbocycles. The summed E-state index contributed by atoms with van der Waals surface area (Å²) in [7, 11) is 1.88. The van der Waals surface area contributed by atoms with Gasteiger partial charge < -0.3 is 9.30 Å². The van der Waals surface area contributed by atoms with Gasteiger partial charge >= 0.3 is 0 Å². The molecule has 1 aromatic rings. The van der Waals surface area contributed by atoms with Crippen molar-refractivity contribution in [2.45, 2.75) is 84.8 Å². The van der Waals surface area contributed by atoms with Crippen molar-refractivity contribution in [1.82, 2.24) is 9.55 Å². The molecule has 0 saturated heterocycles. The van der Waals surface area contributed by atoms with E-state index in [4.69, 9.17) is 4.74 Å². The van der Waals surface area contributed by atoms with Crippen LogP contribution in [0.3, 0.4) is 0 Å². The molecule has 1 fully saturated rings. The fourth-order valence-electron chi connectivity index (χ4n) is 4.44. The molecule has 0 unspecified atom stereocenters. The molecular weight excluding hydrogens is 308 g/mol. The van der Waals surface area contributed by atoms with Crippen molar-refractivity contribution in [3.63, 3.8) is 0 Å². The lowest BCUT2D eigenvalue weighted by Crippen LogP contribution is -2.46. The van der Waals surface area contributed by atoms with Crippen molar-refractivity contribution in [2.75, 3.05) is 7.11 Å². The molecule has 0 N–H and O–H groups in total. The first-order valence-electron chi connectivity index (χ1n) is 10.2. The van der Waals surface area contributed by atoms with Gasteiger partial charge in [-0.1, -0.05) is 58.6 Å². The molecule has 1 saturated carbocycles. The summed E-state index contributed by atoms with van der Waals surface area (Å²) in [5.74, 6) is 1.12. The SMILES string of the molecule is CCCCCCC/C=C\[C@@H]1CCC(C)(C)[C@H](OC)[C@H]1Cn1ccnc1. The molecule has 1 aliphatic rings. The van der Waals surface area contributed by atoms with Gasteiger partial charge in [0, 0.05) is 32.0 Å². The molecule has 1 aliphatic carbocycles. The molecule has 2 rings (SSSR count). The van der Waals surface area contributed by atoms with Crippen LogP contribution in [0.25, 0.3) is 0 Å². The molecule has 142 valence electrons. The summed E-state index contributed by atoms with van der Waals surface area (Å²) in [6.45, 7) is 7.98. The zero-order valence-electron chi connectivity index (χ0n) is 16.8. The first-order valence-corrected chi connectivity index (χ1v) is 10.2. The summed E-state index contributed by atoms with van der Waals surface area (Å²) in [6.07, 6.45) is 21.6. The van der Waals surface area contributed by atoms with Crippen LogP contribution in [0.4, 0.5) is 0 Å². The van der Waals surface area contributed by atoms with Crippen LogP contribution in [0.1, 0.15) is 72.1 Å². The third-order valence-corrected chi connectivity index (χ3v) is 5.92. The van der Waals surface area contributed by atoms with Crippen molar-refractivity contribution in [2.24, 2.45) is 17.3 Å². The number of unbranched alkanes of at least 4 members (excludes halogenated alkanes) is 5.